The molecule has 0 fully saturated rings. The largest absolute Gasteiger partial charge is 0.420 e. The minimum absolute atomic E-state index is 0.109. The number of hydrogen-bond donors (Lipinski definition) is 2. The number of aromatic nitrogens is 1. The molecule has 1 heterocycles. The predicted molar refractivity (Wildman–Crippen MR) is 105 cm³/mol. The Morgan fingerprint density at radius 1 is 1.18 bits per heavy atom. The number of anilines is 1. The first kappa shape index (κ1) is 25.6. The van der Waals surface area contributed by atoms with Gasteiger partial charge in [-0.15, -0.1) is 0 Å². The van der Waals surface area contributed by atoms with Crippen molar-refractivity contribution < 1.29 is 40.3 Å². The summed E-state index contributed by atoms with van der Waals surface area (Å²) in [5.41, 5.74) is 0.137. The van der Waals surface area contributed by atoms with Gasteiger partial charge >= 0.3 is 18.4 Å². The number of nitrogens with one attached hydrogen (secondary N) is 1. The first-order valence-electron chi connectivity index (χ1n) is 9.12. The molecule has 0 unspecified atom stereocenters. The number of benzene rings is 1. The zero-order chi connectivity index (χ0) is 25.1. The molecular weight excluding hydrogens is 461 g/mol. The van der Waals surface area contributed by atoms with E-state index in [1.807, 2.05) is 0 Å². The minimum Gasteiger partial charge on any atom is -0.409 e. The quantitative estimate of drug-likeness (QED) is 0.436. The van der Waals surface area contributed by atoms with Gasteiger partial charge < -0.3 is 15.9 Å². The highest BCUT2D eigenvalue weighted by atomic mass is 19.4. The number of allylic oxidation sites excluding steroid dienone is 1. The van der Waals surface area contributed by atoms with E-state index in [9.17, 15) is 35.5 Å². The normalized spacial score (nSPS) is 12.5. The van der Waals surface area contributed by atoms with E-state index in [0.717, 1.165) is 17.0 Å². The third-order valence-corrected chi connectivity index (χ3v) is 4.38. The first-order chi connectivity index (χ1) is 15.2. The van der Waals surface area contributed by atoms with Crippen LogP contribution in [0.25, 0.3) is 5.57 Å². The van der Waals surface area contributed by atoms with E-state index in [-0.39, 0.29) is 30.2 Å². The number of aryl methyl sites for hydroxylation is 1. The summed E-state index contributed by atoms with van der Waals surface area (Å²) in [6.45, 7) is 2.53. The van der Waals surface area contributed by atoms with Crippen molar-refractivity contribution in [3.05, 3.63) is 58.7 Å². The van der Waals surface area contributed by atoms with Gasteiger partial charge in [0.15, 0.2) is 5.75 Å². The summed E-state index contributed by atoms with van der Waals surface area (Å²) in [6.07, 6.45) is -11.0. The van der Waals surface area contributed by atoms with Gasteiger partial charge in [0.05, 0.1) is 16.8 Å². The van der Waals surface area contributed by atoms with Crippen molar-refractivity contribution in [1.82, 2.24) is 4.98 Å². The van der Waals surface area contributed by atoms with Crippen molar-refractivity contribution in [2.75, 3.05) is 11.4 Å². The molecule has 0 saturated carbocycles. The molecule has 6 nitrogen and oxygen atoms in total. The maximum atomic E-state index is 13.7. The van der Waals surface area contributed by atoms with E-state index in [4.69, 9.17) is 15.9 Å². The summed E-state index contributed by atoms with van der Waals surface area (Å²) < 4.78 is 99.2. The van der Waals surface area contributed by atoms with Crippen LogP contribution in [0.4, 0.5) is 41.3 Å². The molecule has 3 N–H and O–H groups in total. The smallest absolute Gasteiger partial charge is 0.409 e. The number of nitrogens with two attached hydrogens (primary N) is 1. The summed E-state index contributed by atoms with van der Waals surface area (Å²) in [7, 11) is 0. The van der Waals surface area contributed by atoms with Gasteiger partial charge in [-0.05, 0) is 38.1 Å². The lowest BCUT2D eigenvalue weighted by Gasteiger charge is -2.23. The van der Waals surface area contributed by atoms with Gasteiger partial charge in [-0.3, -0.25) is 4.90 Å². The van der Waals surface area contributed by atoms with Crippen LogP contribution < -0.4 is 15.4 Å². The topological polar surface area (TPSA) is 92.3 Å². The van der Waals surface area contributed by atoms with E-state index < -0.39 is 52.3 Å². The Labute approximate surface area is 183 Å². The van der Waals surface area contributed by atoms with Gasteiger partial charge in [-0.1, -0.05) is 0 Å². The van der Waals surface area contributed by atoms with Crippen LogP contribution in [0.1, 0.15) is 29.3 Å². The summed E-state index contributed by atoms with van der Waals surface area (Å²) in [6, 6.07) is 2.13. The molecule has 0 aliphatic carbocycles. The number of amides is 1. The van der Waals surface area contributed by atoms with E-state index >= 15 is 0 Å². The van der Waals surface area contributed by atoms with E-state index in [1.54, 1.807) is 0 Å². The zero-order valence-electron chi connectivity index (χ0n) is 17.1. The molecule has 0 aliphatic rings. The predicted octanol–water partition coefficient (Wildman–Crippen LogP) is 5.54. The number of carbonyl (C=O) groups excluding carboxylic acids is 1. The molecule has 0 aliphatic heterocycles. The number of carbonyl (C=O) groups is 1. The highest BCUT2D eigenvalue weighted by Crippen LogP contribution is 2.44. The van der Waals surface area contributed by atoms with Gasteiger partial charge in [0, 0.05) is 30.1 Å². The molecule has 0 radical (unpaired) electrons. The van der Waals surface area contributed by atoms with Gasteiger partial charge in [0.2, 0.25) is 0 Å². The van der Waals surface area contributed by atoms with Crippen molar-refractivity contribution in [3.8, 4) is 5.75 Å². The van der Waals surface area contributed by atoms with Crippen LogP contribution in [-0.2, 0) is 12.4 Å². The van der Waals surface area contributed by atoms with Crippen LogP contribution in [0.15, 0.2) is 30.5 Å². The van der Waals surface area contributed by atoms with Crippen molar-refractivity contribution >= 4 is 23.7 Å². The van der Waals surface area contributed by atoms with Gasteiger partial charge in [-0.2, -0.15) is 26.3 Å². The second-order valence-electron chi connectivity index (χ2n) is 6.51. The fourth-order valence-electron chi connectivity index (χ4n) is 2.75. The number of ether oxygens (including phenoxy) is 1. The lowest BCUT2D eigenvalue weighted by molar-refractivity contribution is -0.143. The lowest BCUT2D eigenvalue weighted by Crippen LogP contribution is -2.35. The molecule has 2 aromatic rings. The Hall–Kier alpha value is -3.64. The molecule has 1 amide bonds. The van der Waals surface area contributed by atoms with E-state index in [0.29, 0.717) is 12.4 Å². The van der Waals surface area contributed by atoms with Crippen LogP contribution in [-0.4, -0.2) is 23.8 Å². The second-order valence-corrected chi connectivity index (χ2v) is 6.51. The number of hydrogen-bond acceptors (Lipinski definition) is 5. The van der Waals surface area contributed by atoms with Crippen LogP contribution in [0, 0.1) is 18.2 Å². The molecule has 0 spiro atoms. The third kappa shape index (κ3) is 5.59. The molecule has 2 rings (SSSR count). The molecular formula is C20H17F7N4O2. The Balaban J connectivity index is 2.71. The Bertz CT molecular complexity index is 1100. The Kier molecular flexibility index (Phi) is 7.35. The summed E-state index contributed by atoms with van der Waals surface area (Å²) >= 11 is 0. The highest BCUT2D eigenvalue weighted by Gasteiger charge is 2.41. The minimum atomic E-state index is -5.37. The summed E-state index contributed by atoms with van der Waals surface area (Å²) in [4.78, 5) is 17.3. The molecule has 0 bridgehead atoms. The number of alkyl halides is 6. The van der Waals surface area contributed by atoms with Crippen LogP contribution in [0.3, 0.4) is 0 Å². The summed E-state index contributed by atoms with van der Waals surface area (Å²) in [5, 5.41) is 7.30. The fraction of sp³-hybridized carbons (Fsp3) is 0.250. The van der Waals surface area contributed by atoms with Crippen molar-refractivity contribution in [1.29, 1.82) is 5.41 Å². The second kappa shape index (κ2) is 9.46. The molecule has 0 atom stereocenters. The van der Waals surface area contributed by atoms with Crippen molar-refractivity contribution in [3.63, 3.8) is 0 Å². The average molecular weight is 478 g/mol. The molecule has 0 saturated heterocycles. The average Bonchev–Trinajstić information content (AvgIpc) is 2.71. The monoisotopic (exact) mass is 478 g/mol. The number of rotatable bonds is 5. The zero-order valence-corrected chi connectivity index (χ0v) is 17.1. The SMILES string of the molecule is CCN(C(=O)Oc1c(/C(C=N)=C/N)cc(C(F)(F)F)cc1C(F)(F)F)c1ccc(F)c(C)n1. The van der Waals surface area contributed by atoms with Gasteiger partial charge in [-0.25, -0.2) is 14.2 Å². The van der Waals surface area contributed by atoms with Crippen LogP contribution in [0.5, 0.6) is 5.75 Å². The molecule has 13 heteroatoms. The van der Waals surface area contributed by atoms with E-state index in [2.05, 4.69) is 4.98 Å². The number of pyridine rings is 1. The van der Waals surface area contributed by atoms with Gasteiger partial charge in [0.1, 0.15) is 11.6 Å². The maximum Gasteiger partial charge on any atom is 0.420 e. The van der Waals surface area contributed by atoms with Crippen molar-refractivity contribution in [2.24, 2.45) is 5.73 Å². The lowest BCUT2D eigenvalue weighted by atomic mass is 9.98. The molecule has 1 aromatic heterocycles. The number of nitrogens with zero attached hydrogens (tertiary/aromatic N) is 2. The van der Waals surface area contributed by atoms with Crippen LogP contribution >= 0.6 is 0 Å². The maximum absolute atomic E-state index is 13.7. The van der Waals surface area contributed by atoms with Gasteiger partial charge in [0.25, 0.3) is 0 Å². The summed E-state index contributed by atoms with van der Waals surface area (Å²) in [5.74, 6) is -2.14. The molecule has 1 aromatic carbocycles. The fourth-order valence-corrected chi connectivity index (χ4v) is 2.75. The third-order valence-electron chi connectivity index (χ3n) is 4.38. The Morgan fingerprint density at radius 3 is 2.27 bits per heavy atom. The molecule has 33 heavy (non-hydrogen) atoms. The van der Waals surface area contributed by atoms with Crippen LogP contribution in [0.2, 0.25) is 0 Å². The Morgan fingerprint density at radius 2 is 1.82 bits per heavy atom. The standard InChI is InChI=1S/C20H17F7N4O2/c1-3-31(16-5-4-15(21)10(2)30-16)18(32)33-17-13(11(8-28)9-29)6-12(19(22,23)24)7-14(17)20(25,26)27/h4-9,28H,3,29H2,1-2H3/b11-9+,28-8?. The molecule has 178 valence electrons. The first-order valence-corrected chi connectivity index (χ1v) is 9.12. The van der Waals surface area contributed by atoms with E-state index in [1.165, 1.54) is 13.8 Å². The highest BCUT2D eigenvalue weighted by molar-refractivity contribution is 6.09. The van der Waals surface area contributed by atoms with Crippen molar-refractivity contribution in [2.45, 2.75) is 26.2 Å². The number of halogens is 7.